The highest BCUT2D eigenvalue weighted by Crippen LogP contribution is 2.28. The molecule has 2 aliphatic heterocycles. The van der Waals surface area contributed by atoms with E-state index in [1.165, 1.54) is 12.8 Å². The van der Waals surface area contributed by atoms with Gasteiger partial charge in [0.1, 0.15) is 18.4 Å². The molecule has 3 rings (SSSR count). The quantitative estimate of drug-likeness (QED) is 0.876. The second-order valence-electron chi connectivity index (χ2n) is 5.34. The number of benzene rings is 1. The van der Waals surface area contributed by atoms with Crippen LogP contribution >= 0.6 is 0 Å². The van der Waals surface area contributed by atoms with Crippen molar-refractivity contribution >= 4 is 5.90 Å². The van der Waals surface area contributed by atoms with Gasteiger partial charge in [-0.05, 0) is 49.5 Å². The van der Waals surface area contributed by atoms with Crippen LogP contribution in [0.5, 0.6) is 5.75 Å². The van der Waals surface area contributed by atoms with Gasteiger partial charge in [0.25, 0.3) is 0 Å². The smallest absolute Gasteiger partial charge is 0.184 e. The number of rotatable bonds is 3. The molecule has 1 saturated heterocycles. The Kier molecular flexibility index (Phi) is 3.69. The largest absolute Gasteiger partial charge is 0.508 e. The van der Waals surface area contributed by atoms with Crippen molar-refractivity contribution < 1.29 is 9.84 Å². The molecule has 2 aliphatic rings. The number of phenols is 1. The van der Waals surface area contributed by atoms with Gasteiger partial charge >= 0.3 is 0 Å². The average molecular weight is 260 g/mol. The lowest BCUT2D eigenvalue weighted by Crippen LogP contribution is -2.28. The van der Waals surface area contributed by atoms with E-state index in [9.17, 15) is 5.11 Å². The van der Waals surface area contributed by atoms with E-state index in [2.05, 4.69) is 10.3 Å². The molecule has 19 heavy (non-hydrogen) atoms. The Labute approximate surface area is 113 Å². The molecule has 4 nitrogen and oxygen atoms in total. The van der Waals surface area contributed by atoms with Crippen LogP contribution < -0.4 is 5.32 Å². The van der Waals surface area contributed by atoms with Crippen molar-refractivity contribution in [2.45, 2.75) is 25.3 Å². The summed E-state index contributed by atoms with van der Waals surface area (Å²) in [5.74, 6) is 1.88. The molecule has 0 bridgehead atoms. The third-order valence-corrected chi connectivity index (χ3v) is 3.88. The Morgan fingerprint density at radius 3 is 2.95 bits per heavy atom. The van der Waals surface area contributed by atoms with Gasteiger partial charge in [-0.1, -0.05) is 12.1 Å². The zero-order chi connectivity index (χ0) is 13.1. The van der Waals surface area contributed by atoms with Crippen LogP contribution in [0.2, 0.25) is 0 Å². The van der Waals surface area contributed by atoms with Gasteiger partial charge in [-0.15, -0.1) is 0 Å². The molecular formula is C15H20N2O2. The van der Waals surface area contributed by atoms with Gasteiger partial charge in [-0.3, -0.25) is 0 Å². The molecule has 102 valence electrons. The molecular weight excluding hydrogens is 240 g/mol. The lowest BCUT2D eigenvalue weighted by molar-refractivity contribution is 0.294. The predicted octanol–water partition coefficient (Wildman–Crippen LogP) is 2.25. The number of nitrogens with one attached hydrogen (secondary N) is 1. The molecule has 0 spiro atoms. The van der Waals surface area contributed by atoms with Crippen molar-refractivity contribution in [3.8, 4) is 5.75 Å². The van der Waals surface area contributed by atoms with Crippen molar-refractivity contribution in [3.05, 3.63) is 29.8 Å². The second-order valence-corrected chi connectivity index (χ2v) is 5.34. The number of hydrogen-bond acceptors (Lipinski definition) is 4. The number of ether oxygens (including phenoxy) is 1. The lowest BCUT2D eigenvalue weighted by atomic mass is 9.95. The van der Waals surface area contributed by atoms with Crippen molar-refractivity contribution in [2.24, 2.45) is 10.9 Å². The molecule has 0 saturated carbocycles. The van der Waals surface area contributed by atoms with Gasteiger partial charge in [0.05, 0.1) is 0 Å². The first kappa shape index (κ1) is 12.5. The molecule has 0 radical (unpaired) electrons. The van der Waals surface area contributed by atoms with E-state index < -0.39 is 0 Å². The first-order valence-electron chi connectivity index (χ1n) is 7.00. The maximum Gasteiger partial charge on any atom is 0.184 e. The number of piperidine rings is 1. The van der Waals surface area contributed by atoms with Crippen LogP contribution in [0.3, 0.4) is 0 Å². The van der Waals surface area contributed by atoms with Gasteiger partial charge in [0.15, 0.2) is 5.90 Å². The first-order chi connectivity index (χ1) is 9.31. The first-order valence-corrected chi connectivity index (χ1v) is 7.00. The van der Waals surface area contributed by atoms with Gasteiger partial charge < -0.3 is 15.2 Å². The van der Waals surface area contributed by atoms with E-state index in [1.807, 2.05) is 12.1 Å². The number of aromatic hydroxyl groups is 1. The number of phenolic OH excluding ortho intramolecular Hbond substituents is 1. The Balaban J connectivity index is 1.64. The van der Waals surface area contributed by atoms with Crippen molar-refractivity contribution in [1.29, 1.82) is 0 Å². The van der Waals surface area contributed by atoms with Gasteiger partial charge in [-0.2, -0.15) is 0 Å². The number of hydrogen-bond donors (Lipinski definition) is 2. The lowest BCUT2D eigenvalue weighted by Gasteiger charge is -2.21. The fourth-order valence-electron chi connectivity index (χ4n) is 2.77. The van der Waals surface area contributed by atoms with E-state index in [-0.39, 0.29) is 6.04 Å². The van der Waals surface area contributed by atoms with Crippen LogP contribution in [-0.4, -0.2) is 30.7 Å². The molecule has 1 aromatic rings. The zero-order valence-corrected chi connectivity index (χ0v) is 11.0. The molecule has 4 heteroatoms. The summed E-state index contributed by atoms with van der Waals surface area (Å²) in [6, 6.07) is 7.34. The Morgan fingerprint density at radius 2 is 2.16 bits per heavy atom. The molecule has 1 unspecified atom stereocenters. The van der Waals surface area contributed by atoms with Crippen LogP contribution in [0.4, 0.5) is 0 Å². The molecule has 1 atom stereocenters. The Bertz CT molecular complexity index is 467. The van der Waals surface area contributed by atoms with E-state index in [0.29, 0.717) is 18.3 Å². The minimum atomic E-state index is 0.0452. The highest BCUT2D eigenvalue weighted by Gasteiger charge is 2.24. The highest BCUT2D eigenvalue weighted by atomic mass is 16.5. The topological polar surface area (TPSA) is 53.9 Å². The third kappa shape index (κ3) is 3.07. The number of nitrogens with zero attached hydrogens (tertiary/aromatic N) is 1. The maximum absolute atomic E-state index is 9.50. The summed E-state index contributed by atoms with van der Waals surface area (Å²) in [6.45, 7) is 2.81. The fraction of sp³-hybridized carbons (Fsp3) is 0.533. The SMILES string of the molecule is Oc1cccc(C2COC(CC3CCNCC3)=N2)c1. The summed E-state index contributed by atoms with van der Waals surface area (Å²) in [6.07, 6.45) is 3.37. The molecule has 2 N–H and O–H groups in total. The van der Waals surface area contributed by atoms with Crippen molar-refractivity contribution in [2.75, 3.05) is 19.7 Å². The summed E-state index contributed by atoms with van der Waals surface area (Å²) >= 11 is 0. The molecule has 0 aliphatic carbocycles. The average Bonchev–Trinajstić information content (AvgIpc) is 2.88. The van der Waals surface area contributed by atoms with Crippen LogP contribution in [0.25, 0.3) is 0 Å². The summed E-state index contributed by atoms with van der Waals surface area (Å²) in [5, 5.41) is 12.9. The van der Waals surface area contributed by atoms with Crippen molar-refractivity contribution in [1.82, 2.24) is 5.32 Å². The van der Waals surface area contributed by atoms with E-state index in [4.69, 9.17) is 4.74 Å². The van der Waals surface area contributed by atoms with E-state index >= 15 is 0 Å². The fourth-order valence-corrected chi connectivity index (χ4v) is 2.77. The minimum Gasteiger partial charge on any atom is -0.508 e. The van der Waals surface area contributed by atoms with Crippen LogP contribution in [-0.2, 0) is 4.74 Å². The Morgan fingerprint density at radius 1 is 1.32 bits per heavy atom. The molecule has 0 amide bonds. The van der Waals surface area contributed by atoms with Crippen molar-refractivity contribution in [3.63, 3.8) is 0 Å². The van der Waals surface area contributed by atoms with Crippen LogP contribution in [0.1, 0.15) is 30.9 Å². The summed E-state index contributed by atoms with van der Waals surface area (Å²) < 4.78 is 5.71. The van der Waals surface area contributed by atoms with Crippen LogP contribution in [0.15, 0.2) is 29.3 Å². The summed E-state index contributed by atoms with van der Waals surface area (Å²) in [5.41, 5.74) is 1.03. The van der Waals surface area contributed by atoms with Gasteiger partial charge in [0, 0.05) is 6.42 Å². The molecule has 0 aromatic heterocycles. The molecule has 1 aromatic carbocycles. The minimum absolute atomic E-state index is 0.0452. The summed E-state index contributed by atoms with van der Waals surface area (Å²) in [7, 11) is 0. The maximum atomic E-state index is 9.50. The molecule has 1 fully saturated rings. The standard InChI is InChI=1S/C15H20N2O2/c18-13-3-1-2-12(9-13)14-10-19-15(17-14)8-11-4-6-16-7-5-11/h1-3,9,11,14,16,18H,4-8,10H2. The van der Waals surface area contributed by atoms with Gasteiger partial charge in [-0.25, -0.2) is 4.99 Å². The predicted molar refractivity (Wildman–Crippen MR) is 74.4 cm³/mol. The van der Waals surface area contributed by atoms with Crippen LogP contribution in [0, 0.1) is 5.92 Å². The normalized spacial score (nSPS) is 24.0. The Hall–Kier alpha value is -1.55. The second kappa shape index (κ2) is 5.61. The highest BCUT2D eigenvalue weighted by molar-refractivity contribution is 5.78. The van der Waals surface area contributed by atoms with E-state index in [1.54, 1.807) is 12.1 Å². The number of aliphatic imine (C=N–C) groups is 1. The molecule has 2 heterocycles. The monoisotopic (exact) mass is 260 g/mol. The third-order valence-electron chi connectivity index (χ3n) is 3.88. The van der Waals surface area contributed by atoms with Gasteiger partial charge in [0.2, 0.25) is 0 Å². The summed E-state index contributed by atoms with van der Waals surface area (Å²) in [4.78, 5) is 4.66. The van der Waals surface area contributed by atoms with E-state index in [0.717, 1.165) is 31.0 Å². The zero-order valence-electron chi connectivity index (χ0n) is 11.0.